The lowest BCUT2D eigenvalue weighted by molar-refractivity contribution is -0.167. The lowest BCUT2D eigenvalue weighted by atomic mass is 10.0. The van der Waals surface area contributed by atoms with Crippen molar-refractivity contribution in [2.24, 2.45) is 0 Å². The van der Waals surface area contributed by atoms with Gasteiger partial charge in [0, 0.05) is 19.3 Å². The Bertz CT molecular complexity index is 1300. The molecule has 0 amide bonds. The fraction of sp³-hybridized carbons (Fsp3) is 0.875. The first-order chi connectivity index (χ1) is 38.5. The highest BCUT2D eigenvalue weighted by atomic mass is 16.6. The van der Waals surface area contributed by atoms with E-state index in [1.165, 1.54) is 276 Å². The first-order valence-electron chi connectivity index (χ1n) is 35.0. The van der Waals surface area contributed by atoms with Gasteiger partial charge in [-0.2, -0.15) is 0 Å². The van der Waals surface area contributed by atoms with E-state index in [0.29, 0.717) is 19.3 Å². The summed E-state index contributed by atoms with van der Waals surface area (Å²) in [5.74, 6) is -0.837. The van der Waals surface area contributed by atoms with E-state index in [1.54, 1.807) is 0 Å². The van der Waals surface area contributed by atoms with E-state index in [1.807, 2.05) is 0 Å². The molecule has 0 aliphatic heterocycles. The lowest BCUT2D eigenvalue weighted by Crippen LogP contribution is -2.30. The molecule has 0 radical (unpaired) electrons. The molecule has 0 fully saturated rings. The summed E-state index contributed by atoms with van der Waals surface area (Å²) >= 11 is 0. The van der Waals surface area contributed by atoms with Crippen LogP contribution in [0.3, 0.4) is 0 Å². The highest BCUT2D eigenvalue weighted by molar-refractivity contribution is 5.71. The Morgan fingerprint density at radius 3 is 0.718 bits per heavy atom. The van der Waals surface area contributed by atoms with Crippen molar-refractivity contribution < 1.29 is 28.6 Å². The Kier molecular flexibility index (Phi) is 65.1. The molecule has 6 heteroatoms. The third-order valence-electron chi connectivity index (χ3n) is 15.9. The summed E-state index contributed by atoms with van der Waals surface area (Å²) in [6.07, 6.45) is 83.2. The van der Waals surface area contributed by atoms with Gasteiger partial charge in [0.15, 0.2) is 6.10 Å². The maximum absolute atomic E-state index is 12.9. The monoisotopic (exact) mass is 1100 g/mol. The molecule has 0 heterocycles. The zero-order chi connectivity index (χ0) is 56.4. The number of ether oxygens (including phenoxy) is 3. The van der Waals surface area contributed by atoms with Crippen LogP contribution in [-0.4, -0.2) is 37.2 Å². The second-order valence-electron chi connectivity index (χ2n) is 23.8. The Balaban J connectivity index is 4.12. The molecule has 0 aromatic heterocycles. The molecule has 78 heavy (non-hydrogen) atoms. The van der Waals surface area contributed by atoms with E-state index in [4.69, 9.17) is 14.2 Å². The highest BCUT2D eigenvalue weighted by Crippen LogP contribution is 2.18. The van der Waals surface area contributed by atoms with Gasteiger partial charge in [-0.3, -0.25) is 14.4 Å². The molecular formula is C72H134O6. The third kappa shape index (κ3) is 64.5. The minimum absolute atomic E-state index is 0.0649. The van der Waals surface area contributed by atoms with Crippen LogP contribution in [0.2, 0.25) is 0 Å². The maximum Gasteiger partial charge on any atom is 0.306 e. The number of carbonyl (C=O) groups is 3. The van der Waals surface area contributed by atoms with E-state index in [-0.39, 0.29) is 31.1 Å². The first-order valence-corrected chi connectivity index (χ1v) is 35.0. The summed E-state index contributed by atoms with van der Waals surface area (Å²) in [6, 6.07) is 0. The molecule has 0 saturated carbocycles. The van der Waals surface area contributed by atoms with Gasteiger partial charge in [-0.1, -0.05) is 346 Å². The Morgan fingerprint density at radius 1 is 0.256 bits per heavy atom. The number of carbonyl (C=O) groups excluding carboxylic acids is 3. The summed E-state index contributed by atoms with van der Waals surface area (Å²) in [7, 11) is 0. The van der Waals surface area contributed by atoms with Crippen molar-refractivity contribution in [3.8, 4) is 0 Å². The summed E-state index contributed by atoms with van der Waals surface area (Å²) in [5.41, 5.74) is 0. The molecule has 0 rings (SSSR count). The SMILES string of the molecule is CCCCCCC/C=C\C/C=C\C/C=C\CCCCCCCCCCCCCCCCCCC(=O)OCC(COC(=O)CCCCCCCCCCCCC)OC(=O)CCCCCCCCCCCCCCCCCCCC. The number of hydrogen-bond donors (Lipinski definition) is 0. The normalized spacial score (nSPS) is 12.2. The largest absolute Gasteiger partial charge is 0.462 e. The predicted molar refractivity (Wildman–Crippen MR) is 339 cm³/mol. The van der Waals surface area contributed by atoms with E-state index in [0.717, 1.165) is 70.6 Å². The molecule has 0 aliphatic carbocycles. The average Bonchev–Trinajstić information content (AvgIpc) is 3.44. The lowest BCUT2D eigenvalue weighted by Gasteiger charge is -2.18. The molecular weight excluding hydrogens is 961 g/mol. The van der Waals surface area contributed by atoms with E-state index >= 15 is 0 Å². The van der Waals surface area contributed by atoms with Crippen molar-refractivity contribution >= 4 is 17.9 Å². The fourth-order valence-corrected chi connectivity index (χ4v) is 10.6. The summed E-state index contributed by atoms with van der Waals surface area (Å²) in [5, 5.41) is 0. The molecule has 458 valence electrons. The van der Waals surface area contributed by atoms with Crippen LogP contribution in [0.4, 0.5) is 0 Å². The van der Waals surface area contributed by atoms with Gasteiger partial charge < -0.3 is 14.2 Å². The number of rotatable bonds is 65. The van der Waals surface area contributed by atoms with Gasteiger partial charge in [-0.15, -0.1) is 0 Å². The number of allylic oxidation sites excluding steroid dienone is 6. The van der Waals surface area contributed by atoms with Gasteiger partial charge in [0.05, 0.1) is 0 Å². The van der Waals surface area contributed by atoms with Gasteiger partial charge in [0.1, 0.15) is 13.2 Å². The zero-order valence-electron chi connectivity index (χ0n) is 52.7. The molecule has 0 aliphatic rings. The van der Waals surface area contributed by atoms with Gasteiger partial charge in [0.25, 0.3) is 0 Å². The van der Waals surface area contributed by atoms with Gasteiger partial charge in [-0.05, 0) is 57.8 Å². The molecule has 1 unspecified atom stereocenters. The quantitative estimate of drug-likeness (QED) is 0.0261. The van der Waals surface area contributed by atoms with Crippen molar-refractivity contribution in [2.75, 3.05) is 13.2 Å². The van der Waals surface area contributed by atoms with Gasteiger partial charge in [0.2, 0.25) is 0 Å². The topological polar surface area (TPSA) is 78.9 Å². The molecule has 1 atom stereocenters. The van der Waals surface area contributed by atoms with Crippen molar-refractivity contribution in [1.29, 1.82) is 0 Å². The average molecular weight is 1100 g/mol. The van der Waals surface area contributed by atoms with Crippen LogP contribution in [0.1, 0.15) is 387 Å². The minimum Gasteiger partial charge on any atom is -0.462 e. The molecule has 0 bridgehead atoms. The Labute approximate surface area is 486 Å². The summed E-state index contributed by atoms with van der Waals surface area (Å²) in [4.78, 5) is 38.3. The maximum atomic E-state index is 12.9. The molecule has 0 aromatic rings. The zero-order valence-corrected chi connectivity index (χ0v) is 52.7. The number of unbranched alkanes of at least 4 members (excludes halogenated alkanes) is 48. The standard InChI is InChI=1S/C72H134O6/c1-4-7-10-13-16-19-22-24-26-28-30-31-32-33-34-35-36-37-38-39-40-41-42-44-45-47-50-53-56-59-62-65-71(74)77-68-69(67-76-70(73)64-61-58-55-52-49-21-18-15-12-9-6-3)78-72(75)66-63-60-57-54-51-48-46-43-29-27-25-23-20-17-14-11-8-5-2/h22,24,28,30,32-33,69H,4-21,23,25-27,29,31,34-68H2,1-3H3/b24-22-,30-28-,33-32-. The predicted octanol–water partition coefficient (Wildman–Crippen LogP) is 23.9. The van der Waals surface area contributed by atoms with Crippen LogP contribution in [0.25, 0.3) is 0 Å². The first kappa shape index (κ1) is 75.6. The summed E-state index contributed by atoms with van der Waals surface area (Å²) < 4.78 is 17.0. The molecule has 0 spiro atoms. The van der Waals surface area contributed by atoms with Crippen molar-refractivity contribution in [2.45, 2.75) is 393 Å². The molecule has 6 nitrogen and oxygen atoms in total. The Hall–Kier alpha value is -2.37. The molecule has 0 N–H and O–H groups in total. The van der Waals surface area contributed by atoms with Crippen LogP contribution in [0, 0.1) is 0 Å². The second-order valence-corrected chi connectivity index (χ2v) is 23.8. The van der Waals surface area contributed by atoms with E-state index in [9.17, 15) is 14.4 Å². The molecule has 0 aromatic carbocycles. The number of esters is 3. The Morgan fingerprint density at radius 2 is 0.462 bits per heavy atom. The van der Waals surface area contributed by atoms with Gasteiger partial charge >= 0.3 is 17.9 Å². The van der Waals surface area contributed by atoms with Crippen molar-refractivity contribution in [3.63, 3.8) is 0 Å². The van der Waals surface area contributed by atoms with Crippen molar-refractivity contribution in [1.82, 2.24) is 0 Å². The second kappa shape index (κ2) is 67.1. The van der Waals surface area contributed by atoms with Crippen molar-refractivity contribution in [3.05, 3.63) is 36.5 Å². The van der Waals surface area contributed by atoms with Crippen LogP contribution >= 0.6 is 0 Å². The third-order valence-corrected chi connectivity index (χ3v) is 15.9. The van der Waals surface area contributed by atoms with E-state index < -0.39 is 6.10 Å². The molecule has 0 saturated heterocycles. The van der Waals surface area contributed by atoms with Crippen LogP contribution in [-0.2, 0) is 28.6 Å². The van der Waals surface area contributed by atoms with Crippen LogP contribution in [0.15, 0.2) is 36.5 Å². The van der Waals surface area contributed by atoms with Crippen LogP contribution < -0.4 is 0 Å². The summed E-state index contributed by atoms with van der Waals surface area (Å²) in [6.45, 7) is 6.69. The highest BCUT2D eigenvalue weighted by Gasteiger charge is 2.19. The smallest absolute Gasteiger partial charge is 0.306 e. The number of hydrogen-bond acceptors (Lipinski definition) is 6. The van der Waals surface area contributed by atoms with E-state index in [2.05, 4.69) is 57.2 Å². The van der Waals surface area contributed by atoms with Gasteiger partial charge in [-0.25, -0.2) is 0 Å². The van der Waals surface area contributed by atoms with Crippen LogP contribution in [0.5, 0.6) is 0 Å². The fourth-order valence-electron chi connectivity index (χ4n) is 10.6. The minimum atomic E-state index is -0.767.